The molecular weight excluding hydrogens is 524 g/mol. The lowest BCUT2D eigenvalue weighted by atomic mass is 9.89. The van der Waals surface area contributed by atoms with Gasteiger partial charge in [0.1, 0.15) is 0 Å². The summed E-state index contributed by atoms with van der Waals surface area (Å²) in [4.78, 5) is 0. The Morgan fingerprint density at radius 3 is 1.05 bits per heavy atom. The van der Waals surface area contributed by atoms with Gasteiger partial charge in [0.05, 0.1) is 12.2 Å². The van der Waals surface area contributed by atoms with Crippen LogP contribution in [0.15, 0.2) is 66.7 Å². The van der Waals surface area contributed by atoms with E-state index in [0.717, 1.165) is 23.7 Å². The minimum Gasteiger partial charge on any atom is -0.381 e. The van der Waals surface area contributed by atoms with E-state index in [1.165, 1.54) is 82.6 Å². The summed E-state index contributed by atoms with van der Waals surface area (Å²) >= 11 is 0. The first-order chi connectivity index (χ1) is 20.8. The normalized spacial score (nSPS) is 25.6. The van der Waals surface area contributed by atoms with Crippen molar-refractivity contribution >= 4 is 0 Å². The average Bonchev–Trinajstić information content (AvgIpc) is 3.17. The van der Waals surface area contributed by atoms with Crippen LogP contribution < -0.4 is 0 Å². The molecule has 2 saturated carbocycles. The lowest BCUT2D eigenvalue weighted by Crippen LogP contribution is -2.18. The molecular formula is C41H74O2. The summed E-state index contributed by atoms with van der Waals surface area (Å²) in [5.74, 6) is 3.65. The SMILES string of the molecule is CC.CC.CC1CCCCC(C)CC(C)C1.COC1CCCCC(OC)CC(C)C1.Cc1ccccc1.c1ccccc1. The Bertz CT molecular complexity index is 705. The quantitative estimate of drug-likeness (QED) is 0.342. The maximum atomic E-state index is 5.48. The van der Waals surface area contributed by atoms with Crippen molar-refractivity contribution < 1.29 is 9.47 Å². The van der Waals surface area contributed by atoms with Gasteiger partial charge in [-0.15, -0.1) is 0 Å². The van der Waals surface area contributed by atoms with Gasteiger partial charge in [0, 0.05) is 14.2 Å². The smallest absolute Gasteiger partial charge is 0.0574 e. The summed E-state index contributed by atoms with van der Waals surface area (Å²) in [5.41, 5.74) is 1.32. The van der Waals surface area contributed by atoms with Gasteiger partial charge in [0.15, 0.2) is 0 Å². The lowest BCUT2D eigenvalue weighted by Gasteiger charge is -2.20. The zero-order valence-electron chi connectivity index (χ0n) is 30.6. The number of methoxy groups -OCH3 is 2. The summed E-state index contributed by atoms with van der Waals surface area (Å²) in [6.07, 6.45) is 17.1. The van der Waals surface area contributed by atoms with Crippen LogP contribution in [0, 0.1) is 30.6 Å². The monoisotopic (exact) mass is 599 g/mol. The molecule has 2 aromatic rings. The van der Waals surface area contributed by atoms with Crippen molar-refractivity contribution in [3.8, 4) is 0 Å². The molecule has 0 aromatic heterocycles. The fourth-order valence-electron chi connectivity index (χ4n) is 6.01. The highest BCUT2D eigenvalue weighted by Gasteiger charge is 2.19. The number of ether oxygens (including phenoxy) is 2. The van der Waals surface area contributed by atoms with Gasteiger partial charge in [-0.25, -0.2) is 0 Å². The highest BCUT2D eigenvalue weighted by molar-refractivity contribution is 5.11. The fourth-order valence-corrected chi connectivity index (χ4v) is 6.01. The molecule has 0 aliphatic heterocycles. The van der Waals surface area contributed by atoms with E-state index in [2.05, 4.69) is 46.8 Å². The molecule has 0 amide bonds. The van der Waals surface area contributed by atoms with E-state index >= 15 is 0 Å². The van der Waals surface area contributed by atoms with E-state index in [1.807, 2.05) is 96.5 Å². The van der Waals surface area contributed by atoms with Crippen LogP contribution in [0.25, 0.3) is 0 Å². The van der Waals surface area contributed by atoms with E-state index < -0.39 is 0 Å². The van der Waals surface area contributed by atoms with Crippen molar-refractivity contribution in [2.75, 3.05) is 14.2 Å². The summed E-state index contributed by atoms with van der Waals surface area (Å²) in [7, 11) is 3.67. The van der Waals surface area contributed by atoms with E-state index in [1.54, 1.807) is 0 Å². The van der Waals surface area contributed by atoms with Crippen LogP contribution >= 0.6 is 0 Å². The number of hydrogen-bond acceptors (Lipinski definition) is 2. The van der Waals surface area contributed by atoms with Crippen LogP contribution in [0.2, 0.25) is 0 Å². The number of benzene rings is 2. The standard InChI is InChI=1S/C12H24O2.C12H24.C7H8.C6H6.2C2H6/c1-10-8-11(13-2)6-4-5-7-12(9-10)14-3;1-10-6-4-5-7-11(2)9-12(3)8-10;1-7-5-3-2-4-6-7;1-2-4-6-5-3-1;2*1-2/h10-12H,4-9H2,1-3H3;10-12H,4-9H2,1-3H3;2-6H,1H3;1-6H;2*1-2H3. The Kier molecular flexibility index (Phi) is 32.1. The second-order valence-corrected chi connectivity index (χ2v) is 12.5. The van der Waals surface area contributed by atoms with E-state index in [9.17, 15) is 0 Å². The van der Waals surface area contributed by atoms with Crippen LogP contribution in [0.5, 0.6) is 0 Å². The molecule has 2 aliphatic rings. The van der Waals surface area contributed by atoms with Gasteiger partial charge in [0.25, 0.3) is 0 Å². The molecule has 2 aliphatic carbocycles. The molecule has 0 heterocycles. The molecule has 2 aromatic carbocycles. The van der Waals surface area contributed by atoms with Crippen molar-refractivity contribution in [1.29, 1.82) is 0 Å². The topological polar surface area (TPSA) is 18.5 Å². The number of rotatable bonds is 2. The average molecular weight is 599 g/mol. The number of aryl methyl sites for hydroxylation is 1. The van der Waals surface area contributed by atoms with Gasteiger partial charge in [-0.2, -0.15) is 0 Å². The van der Waals surface area contributed by atoms with E-state index in [-0.39, 0.29) is 0 Å². The molecule has 2 heteroatoms. The fraction of sp³-hybridized carbons (Fsp3) is 0.707. The molecule has 250 valence electrons. The second kappa shape index (κ2) is 31.8. The van der Waals surface area contributed by atoms with Gasteiger partial charge in [-0.3, -0.25) is 0 Å². The third kappa shape index (κ3) is 27.6. The van der Waals surface area contributed by atoms with Crippen molar-refractivity contribution in [3.05, 3.63) is 72.3 Å². The molecule has 0 N–H and O–H groups in total. The summed E-state index contributed by atoms with van der Waals surface area (Å²) < 4.78 is 11.0. The van der Waals surface area contributed by atoms with Crippen molar-refractivity contribution in [2.24, 2.45) is 23.7 Å². The van der Waals surface area contributed by atoms with Gasteiger partial charge >= 0.3 is 0 Å². The Hall–Kier alpha value is -1.64. The first-order valence-electron chi connectivity index (χ1n) is 17.9. The third-order valence-corrected chi connectivity index (χ3v) is 8.16. The van der Waals surface area contributed by atoms with Crippen LogP contribution in [0.1, 0.15) is 138 Å². The minimum absolute atomic E-state index is 0.473. The Morgan fingerprint density at radius 2 is 0.744 bits per heavy atom. The minimum atomic E-state index is 0.473. The maximum absolute atomic E-state index is 5.48. The molecule has 43 heavy (non-hydrogen) atoms. The Morgan fingerprint density at radius 1 is 0.442 bits per heavy atom. The molecule has 4 atom stereocenters. The predicted octanol–water partition coefficient (Wildman–Crippen LogP) is 13.0. The summed E-state index contributed by atoms with van der Waals surface area (Å²) in [6, 6.07) is 22.3. The summed E-state index contributed by atoms with van der Waals surface area (Å²) in [6.45, 7) is 19.7. The summed E-state index contributed by atoms with van der Waals surface area (Å²) in [5, 5.41) is 0. The molecule has 4 rings (SSSR count). The largest absolute Gasteiger partial charge is 0.381 e. The zero-order chi connectivity index (χ0) is 32.7. The lowest BCUT2D eigenvalue weighted by molar-refractivity contribution is 0.0556. The second-order valence-electron chi connectivity index (χ2n) is 12.5. The molecule has 0 saturated heterocycles. The van der Waals surface area contributed by atoms with Gasteiger partial charge in [0.2, 0.25) is 0 Å². The van der Waals surface area contributed by atoms with Gasteiger partial charge in [-0.05, 0) is 69.1 Å². The van der Waals surface area contributed by atoms with Crippen molar-refractivity contribution in [2.45, 2.75) is 152 Å². The van der Waals surface area contributed by atoms with Crippen LogP contribution in [-0.2, 0) is 9.47 Å². The Labute approximate surface area is 270 Å². The third-order valence-electron chi connectivity index (χ3n) is 8.16. The molecule has 0 radical (unpaired) electrons. The first-order valence-corrected chi connectivity index (χ1v) is 17.9. The van der Waals surface area contributed by atoms with Crippen LogP contribution in [0.4, 0.5) is 0 Å². The van der Waals surface area contributed by atoms with E-state index in [4.69, 9.17) is 9.47 Å². The highest BCUT2D eigenvalue weighted by atomic mass is 16.5. The van der Waals surface area contributed by atoms with Gasteiger partial charge < -0.3 is 9.47 Å². The van der Waals surface area contributed by atoms with E-state index in [0.29, 0.717) is 12.2 Å². The van der Waals surface area contributed by atoms with Crippen molar-refractivity contribution in [3.63, 3.8) is 0 Å². The Balaban J connectivity index is 0. The maximum Gasteiger partial charge on any atom is 0.0574 e. The van der Waals surface area contributed by atoms with Crippen LogP contribution in [-0.4, -0.2) is 26.4 Å². The zero-order valence-corrected chi connectivity index (χ0v) is 30.6. The molecule has 0 bridgehead atoms. The molecule has 2 nitrogen and oxygen atoms in total. The highest BCUT2D eigenvalue weighted by Crippen LogP contribution is 2.28. The number of hydrogen-bond donors (Lipinski definition) is 0. The van der Waals surface area contributed by atoms with Crippen molar-refractivity contribution in [1.82, 2.24) is 0 Å². The first kappa shape index (κ1) is 43.5. The molecule has 2 fully saturated rings. The molecule has 0 spiro atoms. The molecule has 4 unspecified atom stereocenters. The van der Waals surface area contributed by atoms with Crippen LogP contribution in [0.3, 0.4) is 0 Å². The van der Waals surface area contributed by atoms with Gasteiger partial charge in [-0.1, -0.05) is 166 Å². The predicted molar refractivity (Wildman–Crippen MR) is 194 cm³/mol.